The van der Waals surface area contributed by atoms with Crippen molar-refractivity contribution in [3.05, 3.63) is 47.7 Å². The van der Waals surface area contributed by atoms with Crippen molar-refractivity contribution in [3.63, 3.8) is 0 Å². The summed E-state index contributed by atoms with van der Waals surface area (Å²) in [5, 5.41) is 3.02. The van der Waals surface area contributed by atoms with Gasteiger partial charge in [0.15, 0.2) is 14.1 Å². The lowest BCUT2D eigenvalue weighted by Crippen LogP contribution is -2.48. The number of hydrogen-bond donors (Lipinski definition) is 1. The van der Waals surface area contributed by atoms with Gasteiger partial charge in [-0.3, -0.25) is 19.4 Å². The topological polar surface area (TPSA) is 78.0 Å². The summed E-state index contributed by atoms with van der Waals surface area (Å²) in [5.74, 6) is 0.0944. The predicted molar refractivity (Wildman–Crippen MR) is 142 cm³/mol. The maximum Gasteiger partial charge on any atom is 0.257 e. The van der Waals surface area contributed by atoms with Crippen molar-refractivity contribution in [1.29, 1.82) is 0 Å². The first kappa shape index (κ1) is 25.5. The number of carbonyl (C=O) groups excluding carboxylic acids is 2. The minimum atomic E-state index is -1.96. The third kappa shape index (κ3) is 5.48. The second-order valence-electron chi connectivity index (χ2n) is 11.0. The van der Waals surface area contributed by atoms with E-state index in [1.807, 2.05) is 12.1 Å². The van der Waals surface area contributed by atoms with Gasteiger partial charge >= 0.3 is 0 Å². The molecule has 2 aliphatic heterocycles. The van der Waals surface area contributed by atoms with E-state index in [1.165, 1.54) is 0 Å². The molecular formula is C26H37N5O3Si. The Morgan fingerprint density at radius 3 is 2.54 bits per heavy atom. The largest absolute Gasteiger partial charge is 0.413 e. The summed E-state index contributed by atoms with van der Waals surface area (Å²) >= 11 is 0. The standard InChI is InChI=1S/C26H37N5O3Si/c1-26(2,3)35(5,6)34-18-19-9-10-20-22(16-19)31(23(32)17-30-14-12-29(4)13-15-30)24-21(28-25(20)33)8-7-11-27-24/h7-11,16H,12-15,17-18H2,1-6H3,(H,28,33). The molecule has 9 heteroatoms. The second kappa shape index (κ2) is 9.81. The number of rotatable bonds is 5. The fraction of sp³-hybridized carbons (Fsp3) is 0.500. The Balaban J connectivity index is 1.69. The molecule has 2 amide bonds. The van der Waals surface area contributed by atoms with Crippen LogP contribution in [0.1, 0.15) is 36.7 Å². The molecule has 0 bridgehead atoms. The highest BCUT2D eigenvalue weighted by molar-refractivity contribution is 6.74. The van der Waals surface area contributed by atoms with Crippen LogP contribution in [0.4, 0.5) is 17.2 Å². The number of aromatic nitrogens is 1. The highest BCUT2D eigenvalue weighted by atomic mass is 28.4. The van der Waals surface area contributed by atoms with Crippen molar-refractivity contribution in [2.24, 2.45) is 0 Å². The molecule has 0 radical (unpaired) electrons. The lowest BCUT2D eigenvalue weighted by atomic mass is 10.1. The van der Waals surface area contributed by atoms with Crippen LogP contribution in [0.25, 0.3) is 0 Å². The van der Waals surface area contributed by atoms with Crippen LogP contribution in [0.2, 0.25) is 18.1 Å². The third-order valence-electron chi connectivity index (χ3n) is 7.40. The van der Waals surface area contributed by atoms with Gasteiger partial charge in [-0.1, -0.05) is 26.8 Å². The first-order valence-corrected chi connectivity index (χ1v) is 15.1. The van der Waals surface area contributed by atoms with Crippen molar-refractivity contribution < 1.29 is 14.0 Å². The average molecular weight is 496 g/mol. The van der Waals surface area contributed by atoms with Crippen molar-refractivity contribution in [3.8, 4) is 0 Å². The van der Waals surface area contributed by atoms with Gasteiger partial charge in [0.1, 0.15) is 0 Å². The van der Waals surface area contributed by atoms with Crippen molar-refractivity contribution in [2.45, 2.75) is 45.5 Å². The smallest absolute Gasteiger partial charge is 0.257 e. The number of amides is 2. The number of carbonyl (C=O) groups is 2. The molecule has 188 valence electrons. The number of anilines is 3. The SMILES string of the molecule is CN1CCN(CC(=O)N2c3cc(CO[Si](C)(C)C(C)(C)C)ccc3C(=O)Nc3cccnc32)CC1. The molecule has 1 saturated heterocycles. The molecule has 3 heterocycles. The average Bonchev–Trinajstić information content (AvgIpc) is 2.92. The van der Waals surface area contributed by atoms with Gasteiger partial charge in [-0.05, 0) is 55.0 Å². The summed E-state index contributed by atoms with van der Waals surface area (Å²) in [6, 6.07) is 9.16. The van der Waals surface area contributed by atoms with Gasteiger partial charge in [-0.15, -0.1) is 0 Å². The van der Waals surface area contributed by atoms with Gasteiger partial charge in [0, 0.05) is 32.4 Å². The van der Waals surface area contributed by atoms with E-state index in [2.05, 4.69) is 61.0 Å². The maximum absolute atomic E-state index is 13.8. The zero-order chi connectivity index (χ0) is 25.4. The Kier molecular flexibility index (Phi) is 7.15. The van der Waals surface area contributed by atoms with E-state index in [9.17, 15) is 9.59 Å². The van der Waals surface area contributed by atoms with Crippen molar-refractivity contribution >= 4 is 37.3 Å². The van der Waals surface area contributed by atoms with Crippen LogP contribution in [-0.4, -0.2) is 74.7 Å². The molecule has 1 aromatic carbocycles. The summed E-state index contributed by atoms with van der Waals surface area (Å²) < 4.78 is 6.43. The monoisotopic (exact) mass is 495 g/mol. The highest BCUT2D eigenvalue weighted by Gasteiger charge is 2.37. The molecule has 1 aromatic heterocycles. The number of hydrogen-bond acceptors (Lipinski definition) is 6. The van der Waals surface area contributed by atoms with Crippen LogP contribution in [0, 0.1) is 0 Å². The summed E-state index contributed by atoms with van der Waals surface area (Å²) in [5.41, 5.74) is 2.46. The molecule has 0 aliphatic carbocycles. The molecule has 2 aromatic rings. The summed E-state index contributed by atoms with van der Waals surface area (Å²) in [4.78, 5) is 37.4. The zero-order valence-corrected chi connectivity index (χ0v) is 22.7. The van der Waals surface area contributed by atoms with Gasteiger partial charge < -0.3 is 14.6 Å². The molecule has 1 fully saturated rings. The number of fused-ring (bicyclic) bond motifs is 2. The number of pyridine rings is 1. The number of piperazine rings is 1. The van der Waals surface area contributed by atoms with E-state index in [-0.39, 0.29) is 23.4 Å². The molecule has 0 saturated carbocycles. The van der Waals surface area contributed by atoms with Gasteiger partial charge in [0.05, 0.1) is 30.1 Å². The van der Waals surface area contributed by atoms with Gasteiger partial charge in [-0.25, -0.2) is 4.98 Å². The van der Waals surface area contributed by atoms with Crippen LogP contribution in [0.5, 0.6) is 0 Å². The highest BCUT2D eigenvalue weighted by Crippen LogP contribution is 2.39. The first-order valence-electron chi connectivity index (χ1n) is 12.2. The van der Waals surface area contributed by atoms with Crippen LogP contribution >= 0.6 is 0 Å². The van der Waals surface area contributed by atoms with E-state index < -0.39 is 8.32 Å². The minimum Gasteiger partial charge on any atom is -0.413 e. The summed E-state index contributed by atoms with van der Waals surface area (Å²) in [7, 11) is 0.131. The van der Waals surface area contributed by atoms with Crippen molar-refractivity contribution in [1.82, 2.24) is 14.8 Å². The van der Waals surface area contributed by atoms with Crippen LogP contribution in [-0.2, 0) is 15.8 Å². The van der Waals surface area contributed by atoms with E-state index in [0.717, 1.165) is 31.7 Å². The van der Waals surface area contributed by atoms with E-state index >= 15 is 0 Å². The Labute approximate surface area is 209 Å². The number of benzene rings is 1. The number of nitrogens with one attached hydrogen (secondary N) is 1. The Bertz CT molecular complexity index is 1110. The maximum atomic E-state index is 13.8. The third-order valence-corrected chi connectivity index (χ3v) is 11.9. The lowest BCUT2D eigenvalue weighted by molar-refractivity contribution is -0.119. The lowest BCUT2D eigenvalue weighted by Gasteiger charge is -2.36. The number of likely N-dealkylation sites (N-methyl/N-ethyl adjacent to an activating group) is 1. The molecular weight excluding hydrogens is 458 g/mol. The molecule has 4 rings (SSSR count). The predicted octanol–water partition coefficient (Wildman–Crippen LogP) is 4.08. The Hall–Kier alpha value is -2.59. The molecule has 0 spiro atoms. The molecule has 1 N–H and O–H groups in total. The Morgan fingerprint density at radius 2 is 1.86 bits per heavy atom. The quantitative estimate of drug-likeness (QED) is 0.630. The van der Waals surface area contributed by atoms with Crippen LogP contribution < -0.4 is 10.2 Å². The normalized spacial score (nSPS) is 17.4. The minimum absolute atomic E-state index is 0.0892. The number of nitrogens with zero attached hydrogens (tertiary/aromatic N) is 4. The van der Waals surface area contributed by atoms with E-state index in [0.29, 0.717) is 29.4 Å². The summed E-state index contributed by atoms with van der Waals surface area (Å²) in [6.45, 7) is 15.3. The van der Waals surface area contributed by atoms with Crippen molar-refractivity contribution in [2.75, 3.05) is 50.0 Å². The zero-order valence-electron chi connectivity index (χ0n) is 21.7. The van der Waals surface area contributed by atoms with Gasteiger partial charge in [0.25, 0.3) is 5.91 Å². The molecule has 35 heavy (non-hydrogen) atoms. The summed E-state index contributed by atoms with van der Waals surface area (Å²) in [6.07, 6.45) is 1.65. The molecule has 0 unspecified atom stereocenters. The fourth-order valence-corrected chi connectivity index (χ4v) is 4.98. The second-order valence-corrected chi connectivity index (χ2v) is 15.8. The molecule has 0 atom stereocenters. The van der Waals surface area contributed by atoms with Crippen LogP contribution in [0.3, 0.4) is 0 Å². The van der Waals surface area contributed by atoms with Gasteiger partial charge in [0.2, 0.25) is 5.91 Å². The molecule has 2 aliphatic rings. The fourth-order valence-electron chi connectivity index (χ4n) is 4.02. The van der Waals surface area contributed by atoms with E-state index in [4.69, 9.17) is 4.43 Å². The first-order chi connectivity index (χ1) is 16.5. The van der Waals surface area contributed by atoms with Crippen LogP contribution in [0.15, 0.2) is 36.5 Å². The van der Waals surface area contributed by atoms with Gasteiger partial charge in [-0.2, -0.15) is 0 Å². The van der Waals surface area contributed by atoms with E-state index in [1.54, 1.807) is 29.3 Å². The Morgan fingerprint density at radius 1 is 1.14 bits per heavy atom. The molecule has 8 nitrogen and oxygen atoms in total.